The number of hydrogen-bond acceptors (Lipinski definition) is 3. The second-order valence-electron chi connectivity index (χ2n) is 4.55. The molecule has 0 aliphatic heterocycles. The van der Waals surface area contributed by atoms with Crippen LogP contribution in [0.3, 0.4) is 0 Å². The van der Waals surface area contributed by atoms with Crippen LogP contribution in [0.4, 0.5) is 0 Å². The largest absolute Gasteiger partial charge is 0.374 e. The summed E-state index contributed by atoms with van der Waals surface area (Å²) in [4.78, 5) is 0. The summed E-state index contributed by atoms with van der Waals surface area (Å²) >= 11 is 0. The third-order valence-electron chi connectivity index (χ3n) is 2.94. The molecule has 0 saturated heterocycles. The Labute approximate surface area is 94.2 Å². The van der Waals surface area contributed by atoms with E-state index in [1.54, 1.807) is 0 Å². The number of hydrogen-bond donors (Lipinski definition) is 3. The Morgan fingerprint density at radius 1 is 1.07 bits per heavy atom. The van der Waals surface area contributed by atoms with Gasteiger partial charge in [0.2, 0.25) is 0 Å². The molecule has 0 aromatic carbocycles. The predicted molar refractivity (Wildman–Crippen MR) is 65.4 cm³/mol. The van der Waals surface area contributed by atoms with Gasteiger partial charge < -0.3 is 16.6 Å². The van der Waals surface area contributed by atoms with Crippen LogP contribution in [-0.2, 0) is 0 Å². The highest BCUT2D eigenvalue weighted by Crippen LogP contribution is 2.16. The van der Waals surface area contributed by atoms with E-state index in [1.807, 2.05) is 0 Å². The molecule has 0 heterocycles. The van der Waals surface area contributed by atoms with Crippen molar-refractivity contribution in [2.75, 3.05) is 0 Å². The Morgan fingerprint density at radius 3 is 2.13 bits per heavy atom. The van der Waals surface area contributed by atoms with Crippen molar-refractivity contribution in [2.45, 2.75) is 77.0 Å². The van der Waals surface area contributed by atoms with Crippen molar-refractivity contribution in [3.63, 3.8) is 0 Å². The van der Waals surface area contributed by atoms with Crippen LogP contribution in [0.5, 0.6) is 0 Å². The first kappa shape index (κ1) is 14.9. The molecule has 2 atom stereocenters. The lowest BCUT2D eigenvalue weighted by Gasteiger charge is -2.30. The maximum atomic E-state index is 9.96. The molecule has 0 fully saturated rings. The molecule has 15 heavy (non-hydrogen) atoms. The molecule has 3 nitrogen and oxygen atoms in total. The minimum atomic E-state index is -1.16. The Hall–Kier alpha value is -0.120. The lowest BCUT2D eigenvalue weighted by Crippen LogP contribution is -2.55. The molecule has 0 aromatic rings. The van der Waals surface area contributed by atoms with Crippen LogP contribution in [0.1, 0.15) is 65.2 Å². The van der Waals surface area contributed by atoms with E-state index < -0.39 is 5.72 Å². The SMILES string of the molecule is CCCCCC(N)C(N)(O)CCCCC. The summed E-state index contributed by atoms with van der Waals surface area (Å²) in [7, 11) is 0. The molecule has 0 aromatic heterocycles. The van der Waals surface area contributed by atoms with E-state index in [1.165, 1.54) is 12.8 Å². The molecule has 0 rings (SSSR count). The molecule has 0 amide bonds. The first-order valence-corrected chi connectivity index (χ1v) is 6.31. The van der Waals surface area contributed by atoms with Crippen LogP contribution >= 0.6 is 0 Å². The van der Waals surface area contributed by atoms with Gasteiger partial charge in [-0.1, -0.05) is 46.0 Å². The van der Waals surface area contributed by atoms with Gasteiger partial charge in [-0.15, -0.1) is 0 Å². The van der Waals surface area contributed by atoms with Crippen LogP contribution in [0.15, 0.2) is 0 Å². The quantitative estimate of drug-likeness (QED) is 0.408. The van der Waals surface area contributed by atoms with Gasteiger partial charge in [-0.3, -0.25) is 0 Å². The van der Waals surface area contributed by atoms with Gasteiger partial charge in [-0.2, -0.15) is 0 Å². The third-order valence-corrected chi connectivity index (χ3v) is 2.94. The Bertz CT molecular complexity index is 149. The van der Waals surface area contributed by atoms with E-state index in [0.717, 1.165) is 32.1 Å². The Balaban J connectivity index is 3.74. The van der Waals surface area contributed by atoms with Gasteiger partial charge in [0, 0.05) is 6.04 Å². The fraction of sp³-hybridized carbons (Fsp3) is 1.00. The van der Waals surface area contributed by atoms with E-state index in [0.29, 0.717) is 6.42 Å². The standard InChI is InChI=1S/C12H28N2O/c1-3-5-7-9-11(13)12(14,15)10-8-6-4-2/h11,15H,3-10,13-14H2,1-2H3. The maximum absolute atomic E-state index is 9.96. The molecule has 2 unspecified atom stereocenters. The van der Waals surface area contributed by atoms with Gasteiger partial charge in [0.25, 0.3) is 0 Å². The van der Waals surface area contributed by atoms with Crippen LogP contribution in [-0.4, -0.2) is 16.9 Å². The first-order valence-electron chi connectivity index (χ1n) is 6.31. The van der Waals surface area contributed by atoms with Crippen molar-refractivity contribution in [2.24, 2.45) is 11.5 Å². The number of nitrogens with two attached hydrogens (primary N) is 2. The predicted octanol–water partition coefficient (Wildman–Crippen LogP) is 2.12. The van der Waals surface area contributed by atoms with E-state index in [-0.39, 0.29) is 6.04 Å². The second kappa shape index (κ2) is 8.08. The fourth-order valence-electron chi connectivity index (χ4n) is 1.71. The highest BCUT2D eigenvalue weighted by molar-refractivity contribution is 4.83. The lowest BCUT2D eigenvalue weighted by atomic mass is 9.94. The molecule has 0 bridgehead atoms. The smallest absolute Gasteiger partial charge is 0.128 e. The summed E-state index contributed by atoms with van der Waals surface area (Å²) in [6.07, 6.45) is 8.06. The summed E-state index contributed by atoms with van der Waals surface area (Å²) in [6.45, 7) is 4.29. The first-order chi connectivity index (χ1) is 7.04. The van der Waals surface area contributed by atoms with Crippen LogP contribution in [0.25, 0.3) is 0 Å². The summed E-state index contributed by atoms with van der Waals surface area (Å²) in [5, 5.41) is 9.96. The molecule has 0 aliphatic rings. The Kier molecular flexibility index (Phi) is 8.02. The molecule has 92 valence electrons. The van der Waals surface area contributed by atoms with Gasteiger partial charge in [-0.05, 0) is 19.3 Å². The van der Waals surface area contributed by atoms with Gasteiger partial charge in [0.15, 0.2) is 0 Å². The van der Waals surface area contributed by atoms with Crippen molar-refractivity contribution in [1.82, 2.24) is 0 Å². The molecular weight excluding hydrogens is 188 g/mol. The van der Waals surface area contributed by atoms with Crippen molar-refractivity contribution < 1.29 is 5.11 Å². The third kappa shape index (κ3) is 6.88. The number of unbranched alkanes of at least 4 members (excludes halogenated alkanes) is 4. The lowest BCUT2D eigenvalue weighted by molar-refractivity contribution is 0.00632. The normalized spacial score (nSPS) is 17.4. The monoisotopic (exact) mass is 216 g/mol. The van der Waals surface area contributed by atoms with Crippen molar-refractivity contribution in [3.8, 4) is 0 Å². The number of aliphatic hydroxyl groups is 1. The molecule has 3 heteroatoms. The molecule has 0 radical (unpaired) electrons. The molecule has 0 spiro atoms. The minimum absolute atomic E-state index is 0.277. The molecule has 0 saturated carbocycles. The van der Waals surface area contributed by atoms with Crippen LogP contribution in [0.2, 0.25) is 0 Å². The topological polar surface area (TPSA) is 72.3 Å². The van der Waals surface area contributed by atoms with Crippen LogP contribution in [0, 0.1) is 0 Å². The average molecular weight is 216 g/mol. The summed E-state index contributed by atoms with van der Waals surface area (Å²) in [6, 6.07) is -0.277. The van der Waals surface area contributed by atoms with Gasteiger partial charge in [-0.25, -0.2) is 0 Å². The maximum Gasteiger partial charge on any atom is 0.128 e. The van der Waals surface area contributed by atoms with E-state index in [2.05, 4.69) is 13.8 Å². The molecule has 5 N–H and O–H groups in total. The second-order valence-corrected chi connectivity index (χ2v) is 4.55. The van der Waals surface area contributed by atoms with Gasteiger partial charge >= 0.3 is 0 Å². The highest BCUT2D eigenvalue weighted by Gasteiger charge is 2.28. The van der Waals surface area contributed by atoms with Crippen molar-refractivity contribution in [3.05, 3.63) is 0 Å². The van der Waals surface area contributed by atoms with E-state index in [9.17, 15) is 5.11 Å². The average Bonchev–Trinajstić information content (AvgIpc) is 2.18. The zero-order chi connectivity index (χ0) is 11.7. The molecular formula is C12H28N2O. The zero-order valence-electron chi connectivity index (χ0n) is 10.3. The Morgan fingerprint density at radius 2 is 1.60 bits per heavy atom. The van der Waals surface area contributed by atoms with Gasteiger partial charge in [0.1, 0.15) is 5.72 Å². The van der Waals surface area contributed by atoms with Crippen molar-refractivity contribution >= 4 is 0 Å². The fourth-order valence-corrected chi connectivity index (χ4v) is 1.71. The number of rotatable bonds is 9. The highest BCUT2D eigenvalue weighted by atomic mass is 16.3. The minimum Gasteiger partial charge on any atom is -0.374 e. The van der Waals surface area contributed by atoms with E-state index >= 15 is 0 Å². The summed E-state index contributed by atoms with van der Waals surface area (Å²) in [5.74, 6) is 0. The summed E-state index contributed by atoms with van der Waals surface area (Å²) < 4.78 is 0. The molecule has 0 aliphatic carbocycles. The van der Waals surface area contributed by atoms with Gasteiger partial charge in [0.05, 0.1) is 0 Å². The van der Waals surface area contributed by atoms with Crippen LogP contribution < -0.4 is 11.5 Å². The zero-order valence-corrected chi connectivity index (χ0v) is 10.3. The summed E-state index contributed by atoms with van der Waals surface area (Å²) in [5.41, 5.74) is 10.5. The van der Waals surface area contributed by atoms with E-state index in [4.69, 9.17) is 11.5 Å². The van der Waals surface area contributed by atoms with Crippen molar-refractivity contribution in [1.29, 1.82) is 0 Å².